The van der Waals surface area contributed by atoms with Crippen molar-refractivity contribution in [2.75, 3.05) is 23.3 Å². The van der Waals surface area contributed by atoms with E-state index >= 15 is 0 Å². The number of carbonyl (C=O) groups is 1. The number of piperidine rings is 1. The largest absolute Gasteiger partial charge is 0.366 e. The van der Waals surface area contributed by atoms with Gasteiger partial charge in [0.1, 0.15) is 5.69 Å². The highest BCUT2D eigenvalue weighted by Gasteiger charge is 2.24. The highest BCUT2D eigenvalue weighted by Crippen LogP contribution is 2.32. The molecule has 1 aliphatic rings. The van der Waals surface area contributed by atoms with Crippen LogP contribution in [0.2, 0.25) is 0 Å². The van der Waals surface area contributed by atoms with Crippen molar-refractivity contribution in [3.05, 3.63) is 63.7 Å². The summed E-state index contributed by atoms with van der Waals surface area (Å²) in [6, 6.07) is 12.1. The smallest absolute Gasteiger partial charge is 0.293 e. The molecule has 0 saturated carbocycles. The molecule has 0 aliphatic carbocycles. The number of carbonyl (C=O) groups excluding carboxylic acids is 1. The van der Waals surface area contributed by atoms with Gasteiger partial charge in [0, 0.05) is 30.4 Å². The zero-order valence-corrected chi connectivity index (χ0v) is 15.1. The maximum absolute atomic E-state index is 12.5. The number of aryl methyl sites for hydroxylation is 1. The van der Waals surface area contributed by atoms with E-state index in [0.717, 1.165) is 31.5 Å². The fraction of sp³-hybridized carbons (Fsp3) is 0.350. The molecule has 0 bridgehead atoms. The molecule has 1 fully saturated rings. The van der Waals surface area contributed by atoms with Gasteiger partial charge < -0.3 is 10.2 Å². The number of nitro benzene ring substituents is 1. The summed E-state index contributed by atoms with van der Waals surface area (Å²) < 4.78 is 0. The van der Waals surface area contributed by atoms with Crippen LogP contribution in [0, 0.1) is 23.0 Å². The van der Waals surface area contributed by atoms with E-state index in [0.29, 0.717) is 17.3 Å². The maximum Gasteiger partial charge on any atom is 0.293 e. The van der Waals surface area contributed by atoms with Crippen molar-refractivity contribution in [2.45, 2.75) is 26.7 Å². The second-order valence-electron chi connectivity index (χ2n) is 6.95. The van der Waals surface area contributed by atoms with Gasteiger partial charge >= 0.3 is 0 Å². The molecule has 1 amide bonds. The third-order valence-corrected chi connectivity index (χ3v) is 4.87. The third kappa shape index (κ3) is 4.02. The zero-order valence-electron chi connectivity index (χ0n) is 15.1. The summed E-state index contributed by atoms with van der Waals surface area (Å²) in [6.45, 7) is 5.77. The Balaban J connectivity index is 1.82. The molecule has 136 valence electrons. The molecule has 1 aliphatic heterocycles. The van der Waals surface area contributed by atoms with E-state index in [2.05, 4.69) is 12.2 Å². The maximum atomic E-state index is 12.5. The molecule has 6 heteroatoms. The average molecular weight is 353 g/mol. The number of nitro groups is 1. The summed E-state index contributed by atoms with van der Waals surface area (Å²) >= 11 is 0. The summed E-state index contributed by atoms with van der Waals surface area (Å²) in [7, 11) is 0. The number of amides is 1. The van der Waals surface area contributed by atoms with Gasteiger partial charge in [0.15, 0.2) is 0 Å². The monoisotopic (exact) mass is 353 g/mol. The van der Waals surface area contributed by atoms with Crippen LogP contribution in [0.25, 0.3) is 0 Å². The molecule has 3 rings (SSSR count). The summed E-state index contributed by atoms with van der Waals surface area (Å²) in [5, 5.41) is 14.3. The first-order valence-corrected chi connectivity index (χ1v) is 8.85. The molecule has 0 aromatic heterocycles. The number of rotatable bonds is 4. The molecule has 1 N–H and O–H groups in total. The van der Waals surface area contributed by atoms with Gasteiger partial charge in [-0.15, -0.1) is 0 Å². The van der Waals surface area contributed by atoms with E-state index in [1.165, 1.54) is 6.07 Å². The summed E-state index contributed by atoms with van der Waals surface area (Å²) in [5.74, 6) is 0.292. The topological polar surface area (TPSA) is 75.5 Å². The lowest BCUT2D eigenvalue weighted by Gasteiger charge is -2.31. The number of nitrogens with one attached hydrogen (secondary N) is 1. The fourth-order valence-electron chi connectivity index (χ4n) is 3.17. The summed E-state index contributed by atoms with van der Waals surface area (Å²) in [4.78, 5) is 25.6. The summed E-state index contributed by atoms with van der Waals surface area (Å²) in [6.07, 6.45) is 2.04. The molecule has 0 atom stereocenters. The highest BCUT2D eigenvalue weighted by atomic mass is 16.6. The minimum atomic E-state index is -0.407. The molecule has 0 unspecified atom stereocenters. The van der Waals surface area contributed by atoms with Crippen LogP contribution in [0.15, 0.2) is 42.5 Å². The van der Waals surface area contributed by atoms with E-state index in [-0.39, 0.29) is 17.2 Å². The molecule has 1 saturated heterocycles. The van der Waals surface area contributed by atoms with Gasteiger partial charge in [-0.05, 0) is 49.9 Å². The first-order valence-electron chi connectivity index (χ1n) is 8.85. The van der Waals surface area contributed by atoms with Crippen LogP contribution < -0.4 is 10.2 Å². The van der Waals surface area contributed by atoms with Crippen LogP contribution >= 0.6 is 0 Å². The van der Waals surface area contributed by atoms with Gasteiger partial charge in [-0.25, -0.2) is 0 Å². The molecule has 1 heterocycles. The molecular formula is C20H23N3O3. The second-order valence-corrected chi connectivity index (χ2v) is 6.95. The highest BCUT2D eigenvalue weighted by molar-refractivity contribution is 6.05. The average Bonchev–Trinajstić information content (AvgIpc) is 2.63. The minimum Gasteiger partial charge on any atom is -0.366 e. The van der Waals surface area contributed by atoms with E-state index in [1.807, 2.05) is 36.1 Å². The van der Waals surface area contributed by atoms with E-state index in [1.54, 1.807) is 12.1 Å². The summed E-state index contributed by atoms with van der Waals surface area (Å²) in [5.41, 5.74) is 2.62. The van der Waals surface area contributed by atoms with E-state index < -0.39 is 4.92 Å². The first kappa shape index (κ1) is 17.9. The predicted octanol–water partition coefficient (Wildman–Crippen LogP) is 4.39. The van der Waals surface area contributed by atoms with E-state index in [4.69, 9.17) is 0 Å². The van der Waals surface area contributed by atoms with Crippen LogP contribution in [-0.4, -0.2) is 23.9 Å². The normalized spacial score (nSPS) is 14.9. The predicted molar refractivity (Wildman–Crippen MR) is 103 cm³/mol. The van der Waals surface area contributed by atoms with Crippen molar-refractivity contribution in [1.29, 1.82) is 0 Å². The zero-order chi connectivity index (χ0) is 18.7. The molecule has 26 heavy (non-hydrogen) atoms. The lowest BCUT2D eigenvalue weighted by molar-refractivity contribution is -0.384. The molecule has 2 aromatic carbocycles. The Morgan fingerprint density at radius 3 is 2.42 bits per heavy atom. The van der Waals surface area contributed by atoms with Crippen LogP contribution in [0.3, 0.4) is 0 Å². The molecule has 2 aromatic rings. The number of nitrogens with zero attached hydrogens (tertiary/aromatic N) is 2. The number of anilines is 2. The van der Waals surface area contributed by atoms with Crippen LogP contribution in [0.4, 0.5) is 17.1 Å². The molecule has 0 spiro atoms. The molecule has 0 radical (unpaired) electrons. The van der Waals surface area contributed by atoms with Crippen molar-refractivity contribution in [1.82, 2.24) is 0 Å². The Hall–Kier alpha value is -2.89. The number of hydrogen-bond acceptors (Lipinski definition) is 4. The van der Waals surface area contributed by atoms with Crippen LogP contribution in [0.5, 0.6) is 0 Å². The van der Waals surface area contributed by atoms with Gasteiger partial charge in [-0.1, -0.05) is 24.6 Å². The third-order valence-electron chi connectivity index (χ3n) is 4.87. The van der Waals surface area contributed by atoms with Crippen molar-refractivity contribution in [2.24, 2.45) is 5.92 Å². The van der Waals surface area contributed by atoms with Crippen molar-refractivity contribution >= 4 is 23.0 Å². The lowest BCUT2D eigenvalue weighted by atomic mass is 9.98. The van der Waals surface area contributed by atoms with Gasteiger partial charge in [0.25, 0.3) is 11.6 Å². The van der Waals surface area contributed by atoms with Gasteiger partial charge in [-0.2, -0.15) is 0 Å². The van der Waals surface area contributed by atoms with Crippen molar-refractivity contribution < 1.29 is 9.72 Å². The molecule has 6 nitrogen and oxygen atoms in total. The Bertz CT molecular complexity index is 810. The Labute approximate surface area is 153 Å². The minimum absolute atomic E-state index is 0.0175. The quantitative estimate of drug-likeness (QED) is 0.653. The number of hydrogen-bond donors (Lipinski definition) is 1. The van der Waals surface area contributed by atoms with Gasteiger partial charge in [0.05, 0.1) is 4.92 Å². The SMILES string of the molecule is Cc1ccc(NC(=O)c2ccc(N3CCC(C)CC3)c([N+](=O)[O-])c2)cc1. The second kappa shape index (κ2) is 7.56. The van der Waals surface area contributed by atoms with Crippen molar-refractivity contribution in [3.63, 3.8) is 0 Å². The molecular weight excluding hydrogens is 330 g/mol. The van der Waals surface area contributed by atoms with Gasteiger partial charge in [-0.3, -0.25) is 14.9 Å². The standard InChI is InChI=1S/C20H23N3O3/c1-14-3-6-17(7-4-14)21-20(24)16-5-8-18(19(13-16)23(25)26)22-11-9-15(2)10-12-22/h3-8,13,15H,9-12H2,1-2H3,(H,21,24). The number of benzene rings is 2. The first-order chi connectivity index (χ1) is 12.4. The lowest BCUT2D eigenvalue weighted by Crippen LogP contribution is -2.33. The fourth-order valence-corrected chi connectivity index (χ4v) is 3.17. The Morgan fingerprint density at radius 1 is 1.15 bits per heavy atom. The van der Waals surface area contributed by atoms with Crippen molar-refractivity contribution in [3.8, 4) is 0 Å². The Morgan fingerprint density at radius 2 is 1.81 bits per heavy atom. The van der Waals surface area contributed by atoms with E-state index in [9.17, 15) is 14.9 Å². The van der Waals surface area contributed by atoms with Gasteiger partial charge in [0.2, 0.25) is 0 Å². The van der Waals surface area contributed by atoms with Crippen LogP contribution in [0.1, 0.15) is 35.7 Å². The van der Waals surface area contributed by atoms with Crippen LogP contribution in [-0.2, 0) is 0 Å². The Kier molecular flexibility index (Phi) is 5.21.